The van der Waals surface area contributed by atoms with E-state index >= 15 is 0 Å². The van der Waals surface area contributed by atoms with E-state index in [0.717, 1.165) is 24.2 Å². The molecule has 1 aromatic carbocycles. The van der Waals surface area contributed by atoms with Crippen LogP contribution in [-0.4, -0.2) is 32.1 Å². The van der Waals surface area contributed by atoms with Crippen LogP contribution in [0.15, 0.2) is 24.3 Å². The number of hydrogen-bond donors (Lipinski definition) is 3. The van der Waals surface area contributed by atoms with Gasteiger partial charge in [0, 0.05) is 6.54 Å². The summed E-state index contributed by atoms with van der Waals surface area (Å²) >= 11 is 0. The van der Waals surface area contributed by atoms with Gasteiger partial charge in [-0.05, 0) is 43.5 Å². The van der Waals surface area contributed by atoms with Crippen molar-refractivity contribution in [3.8, 4) is 5.75 Å². The number of carbonyl (C=O) groups excluding carboxylic acids is 1. The van der Waals surface area contributed by atoms with Gasteiger partial charge in [-0.3, -0.25) is 4.79 Å². The standard InChI is InChI=1S/C14H23N3O2/c1-19-12-6-4-11(5-7-12)8-10-17-14(18)13(16)3-2-9-15/h4-7,13H,2-3,8-10,15-16H2,1H3,(H,17,18)/t13-/m0/s1. The van der Waals surface area contributed by atoms with Gasteiger partial charge in [-0.15, -0.1) is 0 Å². The van der Waals surface area contributed by atoms with Crippen molar-refractivity contribution >= 4 is 5.91 Å². The normalized spacial score (nSPS) is 11.9. The summed E-state index contributed by atoms with van der Waals surface area (Å²) in [5.41, 5.74) is 12.3. The summed E-state index contributed by atoms with van der Waals surface area (Å²) in [7, 11) is 1.64. The van der Waals surface area contributed by atoms with Crippen LogP contribution in [0.25, 0.3) is 0 Å². The maximum Gasteiger partial charge on any atom is 0.236 e. The third-order valence-electron chi connectivity index (χ3n) is 2.93. The number of carbonyl (C=O) groups is 1. The Morgan fingerprint density at radius 2 is 2.05 bits per heavy atom. The number of hydrogen-bond acceptors (Lipinski definition) is 4. The van der Waals surface area contributed by atoms with Gasteiger partial charge < -0.3 is 21.5 Å². The Labute approximate surface area is 114 Å². The Kier molecular flexibility index (Phi) is 6.92. The first-order chi connectivity index (χ1) is 9.17. The number of amides is 1. The average Bonchev–Trinajstić information content (AvgIpc) is 2.45. The molecule has 0 radical (unpaired) electrons. The summed E-state index contributed by atoms with van der Waals surface area (Å²) in [6.07, 6.45) is 2.18. The van der Waals surface area contributed by atoms with Crippen molar-refractivity contribution in [2.75, 3.05) is 20.2 Å². The first kappa shape index (κ1) is 15.5. The molecular weight excluding hydrogens is 242 g/mol. The molecule has 5 N–H and O–H groups in total. The van der Waals surface area contributed by atoms with Gasteiger partial charge in [-0.2, -0.15) is 0 Å². The van der Waals surface area contributed by atoms with E-state index in [1.807, 2.05) is 24.3 Å². The zero-order chi connectivity index (χ0) is 14.1. The van der Waals surface area contributed by atoms with Gasteiger partial charge in [0.05, 0.1) is 13.2 Å². The predicted octanol–water partition coefficient (Wildman–Crippen LogP) is 0.420. The van der Waals surface area contributed by atoms with Crippen LogP contribution in [0, 0.1) is 0 Å². The molecular formula is C14H23N3O2. The highest BCUT2D eigenvalue weighted by atomic mass is 16.5. The lowest BCUT2D eigenvalue weighted by atomic mass is 10.1. The fourth-order valence-electron chi connectivity index (χ4n) is 1.72. The zero-order valence-corrected chi connectivity index (χ0v) is 11.4. The summed E-state index contributed by atoms with van der Waals surface area (Å²) in [5, 5.41) is 2.83. The lowest BCUT2D eigenvalue weighted by molar-refractivity contribution is -0.122. The Balaban J connectivity index is 2.27. The fraction of sp³-hybridized carbons (Fsp3) is 0.500. The van der Waals surface area contributed by atoms with Crippen molar-refractivity contribution in [3.63, 3.8) is 0 Å². The summed E-state index contributed by atoms with van der Waals surface area (Å²) in [4.78, 5) is 11.6. The lowest BCUT2D eigenvalue weighted by Crippen LogP contribution is -2.41. The van der Waals surface area contributed by atoms with Crippen LogP contribution < -0.4 is 21.5 Å². The molecule has 0 saturated carbocycles. The van der Waals surface area contributed by atoms with Crippen LogP contribution in [-0.2, 0) is 11.2 Å². The van der Waals surface area contributed by atoms with Crippen LogP contribution in [0.2, 0.25) is 0 Å². The molecule has 0 aromatic heterocycles. The van der Waals surface area contributed by atoms with E-state index in [0.29, 0.717) is 19.5 Å². The molecule has 0 fully saturated rings. The summed E-state index contributed by atoms with van der Waals surface area (Å²) < 4.78 is 5.08. The minimum atomic E-state index is -0.459. The number of benzene rings is 1. The number of nitrogens with two attached hydrogens (primary N) is 2. The highest BCUT2D eigenvalue weighted by molar-refractivity contribution is 5.81. The van der Waals surface area contributed by atoms with E-state index in [2.05, 4.69) is 5.32 Å². The molecule has 106 valence electrons. The lowest BCUT2D eigenvalue weighted by Gasteiger charge is -2.11. The van der Waals surface area contributed by atoms with E-state index < -0.39 is 6.04 Å². The number of methoxy groups -OCH3 is 1. The van der Waals surface area contributed by atoms with E-state index in [1.54, 1.807) is 7.11 Å². The predicted molar refractivity (Wildman–Crippen MR) is 76.0 cm³/mol. The van der Waals surface area contributed by atoms with Gasteiger partial charge >= 0.3 is 0 Å². The first-order valence-corrected chi connectivity index (χ1v) is 6.53. The van der Waals surface area contributed by atoms with Crippen molar-refractivity contribution in [2.45, 2.75) is 25.3 Å². The topological polar surface area (TPSA) is 90.4 Å². The molecule has 0 unspecified atom stereocenters. The van der Waals surface area contributed by atoms with Crippen molar-refractivity contribution in [1.82, 2.24) is 5.32 Å². The van der Waals surface area contributed by atoms with Gasteiger partial charge in [0.1, 0.15) is 5.75 Å². The van der Waals surface area contributed by atoms with Crippen molar-refractivity contribution in [2.24, 2.45) is 11.5 Å². The highest BCUT2D eigenvalue weighted by Gasteiger charge is 2.11. The Morgan fingerprint density at radius 1 is 1.37 bits per heavy atom. The van der Waals surface area contributed by atoms with E-state index in [9.17, 15) is 4.79 Å². The minimum absolute atomic E-state index is 0.109. The van der Waals surface area contributed by atoms with Crippen molar-refractivity contribution in [3.05, 3.63) is 29.8 Å². The van der Waals surface area contributed by atoms with E-state index in [-0.39, 0.29) is 5.91 Å². The van der Waals surface area contributed by atoms with Gasteiger partial charge in [0.25, 0.3) is 0 Å². The van der Waals surface area contributed by atoms with Gasteiger partial charge in [0.2, 0.25) is 5.91 Å². The molecule has 0 aliphatic carbocycles. The quantitative estimate of drug-likeness (QED) is 0.635. The van der Waals surface area contributed by atoms with Crippen LogP contribution in [0.3, 0.4) is 0 Å². The second-order valence-electron chi connectivity index (χ2n) is 4.43. The molecule has 0 saturated heterocycles. The molecule has 5 heteroatoms. The molecule has 0 aliphatic rings. The second-order valence-corrected chi connectivity index (χ2v) is 4.43. The molecule has 1 rings (SSSR count). The zero-order valence-electron chi connectivity index (χ0n) is 11.4. The third-order valence-corrected chi connectivity index (χ3v) is 2.93. The van der Waals surface area contributed by atoms with Gasteiger partial charge in [-0.1, -0.05) is 12.1 Å². The maximum atomic E-state index is 11.6. The molecule has 0 spiro atoms. The third kappa shape index (κ3) is 5.72. The molecule has 0 heterocycles. The first-order valence-electron chi connectivity index (χ1n) is 6.53. The number of nitrogens with one attached hydrogen (secondary N) is 1. The highest BCUT2D eigenvalue weighted by Crippen LogP contribution is 2.11. The SMILES string of the molecule is COc1ccc(CCNC(=O)[C@@H](N)CCCN)cc1. The molecule has 19 heavy (non-hydrogen) atoms. The van der Waals surface area contributed by atoms with Crippen LogP contribution in [0.5, 0.6) is 5.75 Å². The summed E-state index contributed by atoms with van der Waals surface area (Å²) in [6.45, 7) is 1.15. The van der Waals surface area contributed by atoms with E-state index in [4.69, 9.17) is 16.2 Å². The Morgan fingerprint density at radius 3 is 2.63 bits per heavy atom. The molecule has 1 atom stereocenters. The van der Waals surface area contributed by atoms with E-state index in [1.165, 1.54) is 0 Å². The monoisotopic (exact) mass is 265 g/mol. The largest absolute Gasteiger partial charge is 0.497 e. The average molecular weight is 265 g/mol. The summed E-state index contributed by atoms with van der Waals surface area (Å²) in [5.74, 6) is 0.721. The van der Waals surface area contributed by atoms with Crippen molar-refractivity contribution < 1.29 is 9.53 Å². The molecule has 1 aromatic rings. The minimum Gasteiger partial charge on any atom is -0.497 e. The Bertz CT molecular complexity index is 379. The number of rotatable bonds is 8. The van der Waals surface area contributed by atoms with Crippen LogP contribution in [0.1, 0.15) is 18.4 Å². The number of ether oxygens (including phenoxy) is 1. The smallest absolute Gasteiger partial charge is 0.236 e. The maximum absolute atomic E-state index is 11.6. The molecule has 1 amide bonds. The van der Waals surface area contributed by atoms with Gasteiger partial charge in [-0.25, -0.2) is 0 Å². The second kappa shape index (κ2) is 8.50. The molecule has 0 aliphatic heterocycles. The fourth-order valence-corrected chi connectivity index (χ4v) is 1.72. The van der Waals surface area contributed by atoms with Crippen LogP contribution in [0.4, 0.5) is 0 Å². The Hall–Kier alpha value is -1.59. The van der Waals surface area contributed by atoms with Crippen LogP contribution >= 0.6 is 0 Å². The van der Waals surface area contributed by atoms with Gasteiger partial charge in [0.15, 0.2) is 0 Å². The molecule has 5 nitrogen and oxygen atoms in total. The molecule has 0 bridgehead atoms. The van der Waals surface area contributed by atoms with Crippen molar-refractivity contribution in [1.29, 1.82) is 0 Å². The summed E-state index contributed by atoms with van der Waals surface area (Å²) in [6, 6.07) is 7.33.